The van der Waals surface area contributed by atoms with Gasteiger partial charge in [-0.15, -0.1) is 9.61 Å². The van der Waals surface area contributed by atoms with Crippen LogP contribution in [-0.4, -0.2) is 21.5 Å². The van der Waals surface area contributed by atoms with Gasteiger partial charge >= 0.3 is 5.65 Å². The molecule has 3 rings (SSSR count). The van der Waals surface area contributed by atoms with E-state index >= 15 is 0 Å². The van der Waals surface area contributed by atoms with Crippen LogP contribution in [-0.2, 0) is 0 Å². The van der Waals surface area contributed by atoms with Crippen LogP contribution in [0, 0.1) is 5.82 Å². The molecule has 2 N–H and O–H groups in total. The van der Waals surface area contributed by atoms with Gasteiger partial charge in [0.05, 0.1) is 11.2 Å². The van der Waals surface area contributed by atoms with E-state index in [1.165, 1.54) is 18.3 Å². The van der Waals surface area contributed by atoms with Crippen molar-refractivity contribution in [3.8, 4) is 0 Å². The van der Waals surface area contributed by atoms with Gasteiger partial charge in [-0.05, 0) is 18.2 Å². The molecule has 6 nitrogen and oxygen atoms in total. The molecule has 0 spiro atoms. The monoisotopic (exact) mass is 291 g/mol. The number of hydrogen-bond acceptors (Lipinski definition) is 4. The number of hydrogen-bond donors (Lipinski definition) is 2. The van der Waals surface area contributed by atoms with Crippen molar-refractivity contribution in [1.29, 1.82) is 0 Å². The molecule has 0 atom stereocenters. The van der Waals surface area contributed by atoms with Gasteiger partial charge in [0.1, 0.15) is 5.82 Å². The Labute approximate surface area is 117 Å². The van der Waals surface area contributed by atoms with Crippen LogP contribution < -0.4 is 9.94 Å². The molecule has 0 saturated carbocycles. The third kappa shape index (κ3) is 2.43. The first-order valence-electron chi connectivity index (χ1n) is 5.69. The van der Waals surface area contributed by atoms with E-state index in [9.17, 15) is 4.39 Å². The molecule has 3 aromatic rings. The highest BCUT2D eigenvalue weighted by atomic mass is 35.5. The maximum Gasteiger partial charge on any atom is 0.325 e. The number of benzene rings is 1. The van der Waals surface area contributed by atoms with Crippen LogP contribution in [0.5, 0.6) is 0 Å². The van der Waals surface area contributed by atoms with E-state index in [2.05, 4.69) is 25.8 Å². The number of rotatable bonds is 3. The van der Waals surface area contributed by atoms with Crippen LogP contribution in [0.25, 0.3) is 5.65 Å². The molecule has 0 fully saturated rings. The molecule has 0 aliphatic rings. The summed E-state index contributed by atoms with van der Waals surface area (Å²) >= 11 is 5.88. The predicted molar refractivity (Wildman–Crippen MR) is 72.2 cm³/mol. The van der Waals surface area contributed by atoms with Gasteiger partial charge in [-0.25, -0.2) is 4.39 Å². The van der Waals surface area contributed by atoms with Crippen LogP contribution in [0.2, 0.25) is 5.02 Å². The second-order valence-electron chi connectivity index (χ2n) is 3.90. The minimum Gasteiger partial charge on any atom is -0.259 e. The molecule has 0 saturated heterocycles. The molecule has 8 heteroatoms. The number of aromatic nitrogens is 4. The maximum absolute atomic E-state index is 13.5. The number of anilines is 1. The number of aromatic amines is 1. The standard InChI is InChI=1S/C12H8ClFN6/c13-9-2-1-3-10(14)8(9)6-15-17-11-4-5-12-18-16-7-20(12)19-11/h1-7H,(H,17,19)/p+1/b15-6+. The lowest BCUT2D eigenvalue weighted by molar-refractivity contribution is -0.579. The Bertz CT molecular complexity index is 764. The number of hydrazone groups is 1. The molecule has 100 valence electrons. The maximum atomic E-state index is 13.5. The van der Waals surface area contributed by atoms with Crippen LogP contribution in [0.15, 0.2) is 41.8 Å². The Morgan fingerprint density at radius 3 is 3.10 bits per heavy atom. The fourth-order valence-corrected chi connectivity index (χ4v) is 1.83. The zero-order valence-electron chi connectivity index (χ0n) is 10.1. The summed E-state index contributed by atoms with van der Waals surface area (Å²) in [4.78, 5) is 0. The van der Waals surface area contributed by atoms with Gasteiger partial charge < -0.3 is 0 Å². The highest BCUT2D eigenvalue weighted by molar-refractivity contribution is 6.33. The summed E-state index contributed by atoms with van der Waals surface area (Å²) in [6, 6.07) is 7.91. The SMILES string of the molecule is Fc1cccc(Cl)c1/C=N/Nc1ccc2n[nH]c[n+]2n1. The average molecular weight is 292 g/mol. The van der Waals surface area contributed by atoms with Gasteiger partial charge in [0, 0.05) is 16.7 Å². The Balaban J connectivity index is 1.80. The summed E-state index contributed by atoms with van der Waals surface area (Å²) < 4.78 is 15.1. The quantitative estimate of drug-likeness (QED) is 0.439. The van der Waals surface area contributed by atoms with Crippen LogP contribution >= 0.6 is 11.6 Å². The van der Waals surface area contributed by atoms with E-state index < -0.39 is 5.82 Å². The molecule has 1 aromatic carbocycles. The van der Waals surface area contributed by atoms with Gasteiger partial charge in [-0.3, -0.25) is 5.43 Å². The van der Waals surface area contributed by atoms with Crippen molar-refractivity contribution < 1.29 is 8.91 Å². The molecule has 0 bridgehead atoms. The summed E-state index contributed by atoms with van der Waals surface area (Å²) in [6.07, 6.45) is 2.90. The van der Waals surface area contributed by atoms with Crippen molar-refractivity contribution in [3.05, 3.63) is 53.1 Å². The third-order valence-electron chi connectivity index (χ3n) is 2.57. The fraction of sp³-hybridized carbons (Fsp3) is 0. The van der Waals surface area contributed by atoms with Crippen LogP contribution in [0.3, 0.4) is 0 Å². The molecule has 2 heterocycles. The molecule has 0 aliphatic carbocycles. The lowest BCUT2D eigenvalue weighted by Crippen LogP contribution is -2.24. The van der Waals surface area contributed by atoms with Crippen LogP contribution in [0.4, 0.5) is 10.2 Å². The molecule has 0 aliphatic heterocycles. The molecule has 20 heavy (non-hydrogen) atoms. The number of nitrogens with one attached hydrogen (secondary N) is 2. The van der Waals surface area contributed by atoms with Gasteiger partial charge in [-0.2, -0.15) is 5.10 Å². The van der Waals surface area contributed by atoms with Crippen molar-refractivity contribution in [3.63, 3.8) is 0 Å². The summed E-state index contributed by atoms with van der Waals surface area (Å²) in [5.74, 6) is 0.0586. The predicted octanol–water partition coefficient (Wildman–Crippen LogP) is 1.78. The van der Waals surface area contributed by atoms with E-state index in [0.29, 0.717) is 16.5 Å². The van der Waals surface area contributed by atoms with Crippen molar-refractivity contribution in [2.75, 3.05) is 5.43 Å². The van der Waals surface area contributed by atoms with Crippen LogP contribution in [0.1, 0.15) is 5.56 Å². The molecule has 2 aromatic heterocycles. The summed E-state index contributed by atoms with van der Waals surface area (Å²) in [5.41, 5.74) is 3.60. The number of nitrogens with zero attached hydrogens (tertiary/aromatic N) is 4. The second-order valence-corrected chi connectivity index (χ2v) is 4.30. The van der Waals surface area contributed by atoms with Crippen molar-refractivity contribution in [1.82, 2.24) is 15.3 Å². The van der Waals surface area contributed by atoms with Gasteiger partial charge in [-0.1, -0.05) is 22.8 Å². The fourth-order valence-electron chi connectivity index (χ4n) is 1.62. The lowest BCUT2D eigenvalue weighted by atomic mass is 10.2. The zero-order valence-corrected chi connectivity index (χ0v) is 10.8. The Morgan fingerprint density at radius 1 is 1.35 bits per heavy atom. The van der Waals surface area contributed by atoms with Gasteiger partial charge in [0.2, 0.25) is 6.33 Å². The first-order valence-corrected chi connectivity index (χ1v) is 6.07. The summed E-state index contributed by atoms with van der Waals surface area (Å²) in [6.45, 7) is 0. The Hall–Kier alpha value is -2.54. The third-order valence-corrected chi connectivity index (χ3v) is 2.90. The topological polar surface area (TPSA) is 70.1 Å². The summed E-state index contributed by atoms with van der Waals surface area (Å²) in [5, 5.41) is 15.0. The molecular weight excluding hydrogens is 283 g/mol. The largest absolute Gasteiger partial charge is 0.325 e. The van der Waals surface area contributed by atoms with E-state index in [1.807, 2.05) is 0 Å². The normalized spacial score (nSPS) is 11.3. The zero-order chi connectivity index (χ0) is 13.9. The van der Waals surface area contributed by atoms with Crippen molar-refractivity contribution >= 4 is 29.3 Å². The second kappa shape index (κ2) is 5.22. The average Bonchev–Trinajstić information content (AvgIpc) is 2.89. The summed E-state index contributed by atoms with van der Waals surface area (Å²) in [7, 11) is 0. The Kier molecular flexibility index (Phi) is 3.26. The van der Waals surface area contributed by atoms with Crippen molar-refractivity contribution in [2.45, 2.75) is 0 Å². The van der Waals surface area contributed by atoms with E-state index in [0.717, 1.165) is 0 Å². The minimum atomic E-state index is -0.435. The van der Waals surface area contributed by atoms with E-state index in [1.54, 1.807) is 29.0 Å². The molecule has 0 amide bonds. The number of halogens is 2. The van der Waals surface area contributed by atoms with Gasteiger partial charge in [0.25, 0.3) is 0 Å². The Morgan fingerprint density at radius 2 is 2.25 bits per heavy atom. The highest BCUT2D eigenvalue weighted by Gasteiger charge is 2.05. The highest BCUT2D eigenvalue weighted by Crippen LogP contribution is 2.16. The van der Waals surface area contributed by atoms with E-state index in [4.69, 9.17) is 11.6 Å². The molecule has 0 unspecified atom stereocenters. The first kappa shape index (κ1) is 12.5. The molecule has 0 radical (unpaired) electrons. The lowest BCUT2D eigenvalue weighted by Gasteiger charge is -2.00. The van der Waals surface area contributed by atoms with Crippen molar-refractivity contribution in [2.24, 2.45) is 5.10 Å². The van der Waals surface area contributed by atoms with E-state index in [-0.39, 0.29) is 5.56 Å². The number of fused-ring (bicyclic) bond motifs is 1. The smallest absolute Gasteiger partial charge is 0.259 e. The minimum absolute atomic E-state index is 0.221. The first-order chi connectivity index (χ1) is 9.74. The number of H-pyrrole nitrogens is 1. The van der Waals surface area contributed by atoms with Gasteiger partial charge in [0.15, 0.2) is 5.82 Å². The molecular formula is C12H9ClFN6+.